The van der Waals surface area contributed by atoms with Crippen molar-refractivity contribution in [2.75, 3.05) is 16.8 Å². The first-order valence-corrected chi connectivity index (χ1v) is 11.9. The van der Waals surface area contributed by atoms with E-state index >= 15 is 0 Å². The van der Waals surface area contributed by atoms with Crippen molar-refractivity contribution in [2.24, 2.45) is 0 Å². The predicted molar refractivity (Wildman–Crippen MR) is 128 cm³/mol. The second kappa shape index (κ2) is 9.76. The van der Waals surface area contributed by atoms with Gasteiger partial charge in [-0.25, -0.2) is 4.79 Å². The van der Waals surface area contributed by atoms with Gasteiger partial charge in [-0.2, -0.15) is 0 Å². The molecule has 1 heterocycles. The Hall–Kier alpha value is -2.82. The zero-order valence-corrected chi connectivity index (χ0v) is 19.4. The molecular formula is C27H34N2O3. The van der Waals surface area contributed by atoms with Gasteiger partial charge >= 0.3 is 5.97 Å². The number of fused-ring (bicyclic) bond motifs is 1. The number of rotatable bonds is 5. The van der Waals surface area contributed by atoms with Crippen molar-refractivity contribution in [3.05, 3.63) is 59.2 Å². The van der Waals surface area contributed by atoms with Crippen LogP contribution in [0, 0.1) is 0 Å². The van der Waals surface area contributed by atoms with Gasteiger partial charge in [-0.1, -0.05) is 31.4 Å². The predicted octanol–water partition coefficient (Wildman–Crippen LogP) is 6.21. The summed E-state index contributed by atoms with van der Waals surface area (Å²) in [6.07, 6.45) is 7.37. The summed E-state index contributed by atoms with van der Waals surface area (Å²) in [7, 11) is 0. The molecule has 5 nitrogen and oxygen atoms in total. The van der Waals surface area contributed by atoms with Crippen molar-refractivity contribution < 1.29 is 14.3 Å². The molecule has 1 aliphatic heterocycles. The third kappa shape index (κ3) is 4.67. The molecule has 2 aliphatic rings. The number of ether oxygens (including phenoxy) is 1. The van der Waals surface area contributed by atoms with Crippen LogP contribution in [0.5, 0.6) is 0 Å². The number of hydrogen-bond donors (Lipinski definition) is 1. The fourth-order valence-corrected chi connectivity index (χ4v) is 5.31. The van der Waals surface area contributed by atoms with Crippen molar-refractivity contribution in [1.82, 2.24) is 0 Å². The molecule has 0 radical (unpaired) electrons. The van der Waals surface area contributed by atoms with Gasteiger partial charge in [0.05, 0.1) is 18.2 Å². The van der Waals surface area contributed by atoms with Crippen molar-refractivity contribution in [2.45, 2.75) is 77.3 Å². The number of esters is 1. The third-order valence-corrected chi connectivity index (χ3v) is 6.86. The Morgan fingerprint density at radius 1 is 1.06 bits per heavy atom. The first-order chi connectivity index (χ1) is 15.5. The van der Waals surface area contributed by atoms with Crippen LogP contribution < -0.4 is 10.2 Å². The van der Waals surface area contributed by atoms with Crippen LogP contribution in [-0.2, 0) is 9.53 Å². The van der Waals surface area contributed by atoms with E-state index in [1.54, 1.807) is 19.9 Å². The monoisotopic (exact) mass is 434 g/mol. The minimum absolute atomic E-state index is 0.00510. The summed E-state index contributed by atoms with van der Waals surface area (Å²) in [5.74, 6) is 0.362. The first-order valence-electron chi connectivity index (χ1n) is 11.9. The fraction of sp³-hybridized carbons (Fsp3) is 0.481. The Morgan fingerprint density at radius 3 is 2.44 bits per heavy atom. The molecule has 2 atom stereocenters. The number of hydrogen-bond acceptors (Lipinski definition) is 4. The second-order valence-corrected chi connectivity index (χ2v) is 9.12. The topological polar surface area (TPSA) is 58.6 Å². The van der Waals surface area contributed by atoms with Crippen molar-refractivity contribution in [3.8, 4) is 0 Å². The molecule has 0 aromatic heterocycles. The quantitative estimate of drug-likeness (QED) is 0.569. The van der Waals surface area contributed by atoms with Gasteiger partial charge in [0.1, 0.15) is 0 Å². The largest absolute Gasteiger partial charge is 0.462 e. The van der Waals surface area contributed by atoms with Gasteiger partial charge in [0.15, 0.2) is 0 Å². The number of nitrogens with zero attached hydrogens (tertiary/aromatic N) is 1. The van der Waals surface area contributed by atoms with Crippen molar-refractivity contribution in [3.63, 3.8) is 0 Å². The Kier molecular flexibility index (Phi) is 6.83. The number of nitrogens with one attached hydrogen (secondary N) is 1. The SMILES string of the molecule is CCOC(=O)c1ccc2c(c1)C(Nc1ccc(C3CCCCC3)cc1)CC(C)N2C(C)=O. The summed E-state index contributed by atoms with van der Waals surface area (Å²) in [6.45, 7) is 5.81. The number of carbonyl (C=O) groups excluding carboxylic acids is 2. The van der Waals surface area contributed by atoms with E-state index in [0.717, 1.165) is 23.4 Å². The van der Waals surface area contributed by atoms with Crippen LogP contribution >= 0.6 is 0 Å². The summed E-state index contributed by atoms with van der Waals surface area (Å²) >= 11 is 0. The summed E-state index contributed by atoms with van der Waals surface area (Å²) in [5, 5.41) is 3.67. The summed E-state index contributed by atoms with van der Waals surface area (Å²) in [4.78, 5) is 26.5. The molecule has 1 amide bonds. The van der Waals surface area contributed by atoms with Crippen LogP contribution in [0.2, 0.25) is 0 Å². The zero-order valence-electron chi connectivity index (χ0n) is 19.4. The maximum atomic E-state index is 12.4. The molecule has 0 saturated heterocycles. The highest BCUT2D eigenvalue weighted by Crippen LogP contribution is 2.40. The van der Waals surface area contributed by atoms with Crippen LogP contribution in [0.1, 0.15) is 92.7 Å². The van der Waals surface area contributed by atoms with E-state index in [1.165, 1.54) is 37.7 Å². The highest BCUT2D eigenvalue weighted by atomic mass is 16.5. The number of benzene rings is 2. The molecule has 2 aromatic rings. The Bertz CT molecular complexity index is 963. The second-order valence-electron chi connectivity index (χ2n) is 9.12. The molecular weight excluding hydrogens is 400 g/mol. The van der Waals surface area contributed by atoms with Crippen molar-refractivity contribution >= 4 is 23.3 Å². The number of carbonyl (C=O) groups is 2. The van der Waals surface area contributed by atoms with Gasteiger partial charge in [0.25, 0.3) is 0 Å². The smallest absolute Gasteiger partial charge is 0.338 e. The minimum Gasteiger partial charge on any atom is -0.462 e. The van der Waals surface area contributed by atoms with Crippen LogP contribution in [0.25, 0.3) is 0 Å². The lowest BCUT2D eigenvalue weighted by Gasteiger charge is -2.39. The molecule has 1 fully saturated rings. The highest BCUT2D eigenvalue weighted by molar-refractivity contribution is 5.96. The summed E-state index contributed by atoms with van der Waals surface area (Å²) in [5.41, 5.74) is 4.83. The Morgan fingerprint density at radius 2 is 1.78 bits per heavy atom. The van der Waals surface area contributed by atoms with Crippen LogP contribution in [0.15, 0.2) is 42.5 Å². The average molecular weight is 435 g/mol. The first kappa shape index (κ1) is 22.4. The minimum atomic E-state index is -0.334. The van der Waals surface area contributed by atoms with Gasteiger partial charge in [0.2, 0.25) is 5.91 Å². The molecule has 4 rings (SSSR count). The molecule has 32 heavy (non-hydrogen) atoms. The van der Waals surface area contributed by atoms with E-state index in [-0.39, 0.29) is 24.0 Å². The van der Waals surface area contributed by atoms with E-state index < -0.39 is 0 Å². The van der Waals surface area contributed by atoms with E-state index in [1.807, 2.05) is 17.0 Å². The number of anilines is 2. The molecule has 0 spiro atoms. The molecule has 0 bridgehead atoms. The molecule has 1 saturated carbocycles. The lowest BCUT2D eigenvalue weighted by Crippen LogP contribution is -2.43. The Labute approximate surface area is 191 Å². The normalized spacial score (nSPS) is 21.0. The maximum absolute atomic E-state index is 12.4. The lowest BCUT2D eigenvalue weighted by molar-refractivity contribution is -0.117. The van der Waals surface area contributed by atoms with Crippen molar-refractivity contribution in [1.29, 1.82) is 0 Å². The Balaban J connectivity index is 1.60. The van der Waals surface area contributed by atoms with E-state index in [9.17, 15) is 9.59 Å². The maximum Gasteiger partial charge on any atom is 0.338 e. The average Bonchev–Trinajstić information content (AvgIpc) is 2.80. The van der Waals surface area contributed by atoms with Crippen LogP contribution in [-0.4, -0.2) is 24.5 Å². The van der Waals surface area contributed by atoms with Gasteiger partial charge < -0.3 is 15.0 Å². The van der Waals surface area contributed by atoms with Gasteiger partial charge in [-0.05, 0) is 80.5 Å². The zero-order chi connectivity index (χ0) is 22.7. The third-order valence-electron chi connectivity index (χ3n) is 6.86. The lowest BCUT2D eigenvalue weighted by atomic mass is 9.84. The van der Waals surface area contributed by atoms with E-state index in [0.29, 0.717) is 18.1 Å². The molecule has 1 N–H and O–H groups in total. The molecule has 170 valence electrons. The van der Waals surface area contributed by atoms with E-state index in [4.69, 9.17) is 4.74 Å². The molecule has 2 aromatic carbocycles. The molecule has 2 unspecified atom stereocenters. The van der Waals surface area contributed by atoms with Gasteiger partial charge in [0, 0.05) is 24.3 Å². The van der Waals surface area contributed by atoms with Gasteiger partial charge in [-0.15, -0.1) is 0 Å². The van der Waals surface area contributed by atoms with E-state index in [2.05, 4.69) is 36.5 Å². The molecule has 5 heteroatoms. The standard InChI is InChI=1S/C27H34N2O3/c1-4-32-27(31)22-12-15-26-24(17-22)25(16-18(2)29(26)19(3)30)28-23-13-10-21(11-14-23)20-8-6-5-7-9-20/h10-15,17-18,20,25,28H,4-9,16H2,1-3H3. The van der Waals surface area contributed by atoms with Crippen LogP contribution in [0.3, 0.4) is 0 Å². The van der Waals surface area contributed by atoms with Gasteiger partial charge in [-0.3, -0.25) is 4.79 Å². The summed E-state index contributed by atoms with van der Waals surface area (Å²) < 4.78 is 5.20. The fourth-order valence-electron chi connectivity index (χ4n) is 5.31. The summed E-state index contributed by atoms with van der Waals surface area (Å²) in [6, 6.07) is 14.4. The highest BCUT2D eigenvalue weighted by Gasteiger charge is 2.33. The molecule has 1 aliphatic carbocycles. The number of amides is 1. The van der Waals surface area contributed by atoms with Crippen LogP contribution in [0.4, 0.5) is 11.4 Å².